The first-order valence-corrected chi connectivity index (χ1v) is 8.44. The van der Waals surface area contributed by atoms with Crippen molar-refractivity contribution in [2.24, 2.45) is 5.10 Å². The molecule has 0 saturated heterocycles. The molecule has 3 rings (SSSR count). The molecular formula is C20H22N2O3. The van der Waals surface area contributed by atoms with Crippen molar-refractivity contribution in [1.29, 1.82) is 0 Å². The summed E-state index contributed by atoms with van der Waals surface area (Å²) in [5, 5.41) is 4.09. The molecule has 0 aromatic heterocycles. The number of aryl methyl sites for hydroxylation is 1. The third-order valence-electron chi connectivity index (χ3n) is 4.09. The van der Waals surface area contributed by atoms with E-state index in [1.165, 1.54) is 0 Å². The molecule has 0 saturated carbocycles. The van der Waals surface area contributed by atoms with Crippen molar-refractivity contribution in [3.63, 3.8) is 0 Å². The van der Waals surface area contributed by atoms with Crippen LogP contribution in [0.4, 0.5) is 0 Å². The fourth-order valence-electron chi connectivity index (χ4n) is 2.88. The normalized spacial score (nSPS) is 15.7. The number of carbonyl (C=O) groups excluding carboxylic acids is 1. The Morgan fingerprint density at radius 1 is 1.40 bits per heavy atom. The molecule has 1 amide bonds. The van der Waals surface area contributed by atoms with Crippen LogP contribution in [-0.2, 0) is 6.42 Å². The molecule has 0 fully saturated rings. The Balaban J connectivity index is 1.78. The molecule has 1 heterocycles. The zero-order chi connectivity index (χ0) is 17.8. The number of hydrazone groups is 1. The number of nitrogens with zero attached hydrogens (tertiary/aromatic N) is 1. The monoisotopic (exact) mass is 338 g/mol. The molecule has 5 heteroatoms. The van der Waals surface area contributed by atoms with Crippen molar-refractivity contribution < 1.29 is 14.3 Å². The summed E-state index contributed by atoms with van der Waals surface area (Å²) < 4.78 is 11.5. The Morgan fingerprint density at radius 3 is 2.96 bits per heavy atom. The molecule has 130 valence electrons. The van der Waals surface area contributed by atoms with E-state index in [0.717, 1.165) is 34.6 Å². The predicted octanol–water partition coefficient (Wildman–Crippen LogP) is 3.48. The average molecular weight is 338 g/mol. The number of carbonyl (C=O) groups is 1. The lowest BCUT2D eigenvalue weighted by atomic mass is 10.1. The molecule has 2 aromatic rings. The van der Waals surface area contributed by atoms with E-state index in [-0.39, 0.29) is 12.0 Å². The topological polar surface area (TPSA) is 59.9 Å². The third kappa shape index (κ3) is 3.82. The van der Waals surface area contributed by atoms with Gasteiger partial charge in [-0.1, -0.05) is 18.2 Å². The number of nitrogens with one attached hydrogen (secondary N) is 1. The first-order chi connectivity index (χ1) is 12.1. The van der Waals surface area contributed by atoms with Crippen molar-refractivity contribution in [3.05, 3.63) is 58.7 Å². The summed E-state index contributed by atoms with van der Waals surface area (Å²) in [5.41, 5.74) is 6.00. The molecule has 0 aliphatic carbocycles. The molecule has 1 aliphatic rings. The van der Waals surface area contributed by atoms with Crippen LogP contribution in [0.3, 0.4) is 0 Å². The van der Waals surface area contributed by atoms with Crippen LogP contribution in [0.15, 0.2) is 41.5 Å². The molecule has 0 bridgehead atoms. The summed E-state index contributed by atoms with van der Waals surface area (Å²) in [7, 11) is 0. The molecule has 1 aliphatic heterocycles. The predicted molar refractivity (Wildman–Crippen MR) is 97.6 cm³/mol. The Hall–Kier alpha value is -2.82. The molecular weight excluding hydrogens is 316 g/mol. The van der Waals surface area contributed by atoms with Gasteiger partial charge in [-0.05, 0) is 44.5 Å². The van der Waals surface area contributed by atoms with Gasteiger partial charge >= 0.3 is 0 Å². The standard InChI is InChI=1S/C20H22N2O3/c1-4-24-18-10-15-9-14(3)25-19(15)11-16(18)12-21-22-20(23)17-8-6-5-7-13(17)2/h5-8,10-12,14H,4,9H2,1-3H3,(H,22,23)/b21-12-/t14-/m0/s1. The second kappa shape index (κ2) is 7.38. The SMILES string of the molecule is CCOc1cc2c(cc1/C=N\NC(=O)c1ccccc1C)O[C@@H](C)C2. The molecule has 0 unspecified atom stereocenters. The summed E-state index contributed by atoms with van der Waals surface area (Å²) in [6.45, 7) is 6.43. The number of fused-ring (bicyclic) bond motifs is 1. The second-order valence-electron chi connectivity index (χ2n) is 6.08. The Kier molecular flexibility index (Phi) is 5.03. The summed E-state index contributed by atoms with van der Waals surface area (Å²) in [6, 6.07) is 11.3. The van der Waals surface area contributed by atoms with Crippen molar-refractivity contribution >= 4 is 12.1 Å². The van der Waals surface area contributed by atoms with Gasteiger partial charge in [0.1, 0.15) is 17.6 Å². The minimum Gasteiger partial charge on any atom is -0.493 e. The number of rotatable bonds is 5. The second-order valence-corrected chi connectivity index (χ2v) is 6.08. The highest BCUT2D eigenvalue weighted by molar-refractivity contribution is 5.96. The van der Waals surface area contributed by atoms with Gasteiger partial charge < -0.3 is 9.47 Å². The third-order valence-corrected chi connectivity index (χ3v) is 4.09. The minimum absolute atomic E-state index is 0.164. The quantitative estimate of drug-likeness (QED) is 0.671. The average Bonchev–Trinajstić information content (AvgIpc) is 2.94. The van der Waals surface area contributed by atoms with E-state index >= 15 is 0 Å². The van der Waals surface area contributed by atoms with Crippen molar-refractivity contribution in [2.75, 3.05) is 6.61 Å². The van der Waals surface area contributed by atoms with Gasteiger partial charge in [-0.3, -0.25) is 4.79 Å². The largest absolute Gasteiger partial charge is 0.493 e. The molecule has 1 atom stereocenters. The van der Waals surface area contributed by atoms with E-state index in [9.17, 15) is 4.79 Å². The highest BCUT2D eigenvalue weighted by Crippen LogP contribution is 2.34. The number of benzene rings is 2. The fraction of sp³-hybridized carbons (Fsp3) is 0.300. The van der Waals surface area contributed by atoms with Crippen LogP contribution in [0, 0.1) is 6.92 Å². The van der Waals surface area contributed by atoms with Crippen LogP contribution in [0.25, 0.3) is 0 Å². The summed E-state index contributed by atoms with van der Waals surface area (Å²) in [4.78, 5) is 12.2. The number of amides is 1. The molecule has 25 heavy (non-hydrogen) atoms. The Morgan fingerprint density at radius 2 is 2.20 bits per heavy atom. The van der Waals surface area contributed by atoms with Crippen molar-refractivity contribution in [2.45, 2.75) is 33.3 Å². The van der Waals surface area contributed by atoms with E-state index in [1.54, 1.807) is 12.3 Å². The van der Waals surface area contributed by atoms with E-state index in [0.29, 0.717) is 12.2 Å². The summed E-state index contributed by atoms with van der Waals surface area (Å²) in [6.07, 6.45) is 2.63. The zero-order valence-electron chi connectivity index (χ0n) is 14.7. The molecule has 0 spiro atoms. The molecule has 1 N–H and O–H groups in total. The lowest BCUT2D eigenvalue weighted by Crippen LogP contribution is -2.18. The van der Waals surface area contributed by atoms with Gasteiger partial charge in [0, 0.05) is 23.1 Å². The molecule has 0 radical (unpaired) electrons. The van der Waals surface area contributed by atoms with Gasteiger partial charge in [0.15, 0.2) is 0 Å². The Labute approximate surface area is 147 Å². The van der Waals surface area contributed by atoms with Crippen LogP contribution in [0.1, 0.15) is 40.9 Å². The van der Waals surface area contributed by atoms with Gasteiger partial charge in [0.05, 0.1) is 12.8 Å². The van der Waals surface area contributed by atoms with Crippen LogP contribution < -0.4 is 14.9 Å². The van der Waals surface area contributed by atoms with Gasteiger partial charge in [0.2, 0.25) is 0 Å². The number of hydrogen-bond acceptors (Lipinski definition) is 4. The maximum absolute atomic E-state index is 12.2. The molecule has 5 nitrogen and oxygen atoms in total. The lowest BCUT2D eigenvalue weighted by Gasteiger charge is -2.09. The maximum Gasteiger partial charge on any atom is 0.271 e. The van der Waals surface area contributed by atoms with Gasteiger partial charge in [-0.25, -0.2) is 5.43 Å². The van der Waals surface area contributed by atoms with E-state index in [4.69, 9.17) is 9.47 Å². The number of hydrogen-bond donors (Lipinski definition) is 1. The highest BCUT2D eigenvalue weighted by Gasteiger charge is 2.21. The van der Waals surface area contributed by atoms with Gasteiger partial charge in [-0.15, -0.1) is 0 Å². The van der Waals surface area contributed by atoms with E-state index in [2.05, 4.69) is 10.5 Å². The van der Waals surface area contributed by atoms with E-state index in [1.807, 2.05) is 51.1 Å². The van der Waals surface area contributed by atoms with Crippen LogP contribution >= 0.6 is 0 Å². The zero-order valence-corrected chi connectivity index (χ0v) is 14.7. The minimum atomic E-state index is -0.238. The summed E-state index contributed by atoms with van der Waals surface area (Å²) >= 11 is 0. The van der Waals surface area contributed by atoms with Crippen molar-refractivity contribution in [3.8, 4) is 11.5 Å². The maximum atomic E-state index is 12.2. The number of ether oxygens (including phenoxy) is 2. The lowest BCUT2D eigenvalue weighted by molar-refractivity contribution is 0.0954. The van der Waals surface area contributed by atoms with Crippen LogP contribution in [-0.4, -0.2) is 24.8 Å². The van der Waals surface area contributed by atoms with Gasteiger partial charge in [-0.2, -0.15) is 5.10 Å². The molecule has 2 aromatic carbocycles. The van der Waals surface area contributed by atoms with E-state index < -0.39 is 0 Å². The summed E-state index contributed by atoms with van der Waals surface area (Å²) in [5.74, 6) is 1.36. The highest BCUT2D eigenvalue weighted by atomic mass is 16.5. The smallest absolute Gasteiger partial charge is 0.271 e. The van der Waals surface area contributed by atoms with Crippen molar-refractivity contribution in [1.82, 2.24) is 5.43 Å². The first-order valence-electron chi connectivity index (χ1n) is 8.44. The van der Waals surface area contributed by atoms with Crippen LogP contribution in [0.5, 0.6) is 11.5 Å². The Bertz CT molecular complexity index is 815. The first kappa shape index (κ1) is 17.0. The van der Waals surface area contributed by atoms with Crippen LogP contribution in [0.2, 0.25) is 0 Å². The van der Waals surface area contributed by atoms with Gasteiger partial charge in [0.25, 0.3) is 5.91 Å². The fourth-order valence-corrected chi connectivity index (χ4v) is 2.88.